The molecule has 1 saturated heterocycles. The lowest BCUT2D eigenvalue weighted by Gasteiger charge is -2.40. The van der Waals surface area contributed by atoms with Gasteiger partial charge in [0.15, 0.2) is 0 Å². The highest BCUT2D eigenvalue weighted by Crippen LogP contribution is 2.30. The van der Waals surface area contributed by atoms with Gasteiger partial charge in [-0.2, -0.15) is 0 Å². The van der Waals surface area contributed by atoms with E-state index in [2.05, 4.69) is 31.7 Å². The fraction of sp³-hybridized carbons (Fsp3) is 0.533. The molecule has 0 N–H and O–H groups in total. The van der Waals surface area contributed by atoms with Crippen molar-refractivity contribution in [1.29, 1.82) is 0 Å². The van der Waals surface area contributed by atoms with Gasteiger partial charge in [0, 0.05) is 23.8 Å². The van der Waals surface area contributed by atoms with Gasteiger partial charge in [0.1, 0.15) is 6.29 Å². The minimum atomic E-state index is 0.588. The van der Waals surface area contributed by atoms with E-state index >= 15 is 0 Å². The summed E-state index contributed by atoms with van der Waals surface area (Å²) in [5.74, 6) is 0.744. The number of benzene rings is 1. The van der Waals surface area contributed by atoms with E-state index in [1.807, 2.05) is 12.1 Å². The quantitative estimate of drug-likeness (QED) is 0.727. The van der Waals surface area contributed by atoms with E-state index < -0.39 is 0 Å². The fourth-order valence-electron chi connectivity index (χ4n) is 2.75. The van der Waals surface area contributed by atoms with Gasteiger partial charge >= 0.3 is 0 Å². The first kappa shape index (κ1) is 12.2. The van der Waals surface area contributed by atoms with Crippen LogP contribution in [0.25, 0.3) is 0 Å². The van der Waals surface area contributed by atoms with Crippen LogP contribution < -0.4 is 4.90 Å². The van der Waals surface area contributed by atoms with Gasteiger partial charge in [0.25, 0.3) is 0 Å². The van der Waals surface area contributed by atoms with E-state index in [4.69, 9.17) is 0 Å². The Balaban J connectivity index is 2.29. The Bertz CT molecular complexity index is 413. The van der Waals surface area contributed by atoms with Crippen molar-refractivity contribution in [1.82, 2.24) is 0 Å². The molecule has 2 nitrogen and oxygen atoms in total. The van der Waals surface area contributed by atoms with Crippen LogP contribution >= 0.6 is 0 Å². The number of hydrogen-bond donors (Lipinski definition) is 0. The van der Waals surface area contributed by atoms with Crippen molar-refractivity contribution in [2.24, 2.45) is 5.92 Å². The topological polar surface area (TPSA) is 20.3 Å². The largest absolute Gasteiger partial charge is 0.368 e. The number of piperidine rings is 1. The first-order valence-electron chi connectivity index (χ1n) is 6.46. The molecule has 2 heteroatoms. The Hall–Kier alpha value is -1.31. The zero-order valence-electron chi connectivity index (χ0n) is 10.9. The van der Waals surface area contributed by atoms with E-state index in [1.54, 1.807) is 0 Å². The van der Waals surface area contributed by atoms with Crippen LogP contribution in [0.3, 0.4) is 0 Å². The smallest absolute Gasteiger partial charge is 0.150 e. The Labute approximate surface area is 104 Å². The summed E-state index contributed by atoms with van der Waals surface area (Å²) in [6.07, 6.45) is 3.50. The Morgan fingerprint density at radius 1 is 1.35 bits per heavy atom. The van der Waals surface area contributed by atoms with E-state index in [-0.39, 0.29) is 0 Å². The molecule has 0 bridgehead atoms. The summed E-state index contributed by atoms with van der Waals surface area (Å²) in [6, 6.07) is 6.58. The molecule has 1 fully saturated rings. The summed E-state index contributed by atoms with van der Waals surface area (Å²) in [5.41, 5.74) is 3.26. The predicted molar refractivity (Wildman–Crippen MR) is 71.8 cm³/mol. The number of aryl methyl sites for hydroxylation is 1. The van der Waals surface area contributed by atoms with Crippen molar-refractivity contribution in [2.75, 3.05) is 11.4 Å². The summed E-state index contributed by atoms with van der Waals surface area (Å²) in [5, 5.41) is 0. The van der Waals surface area contributed by atoms with Crippen molar-refractivity contribution >= 4 is 12.0 Å². The van der Waals surface area contributed by atoms with Gasteiger partial charge in [0.05, 0.1) is 0 Å². The zero-order chi connectivity index (χ0) is 12.4. The van der Waals surface area contributed by atoms with E-state index in [1.165, 1.54) is 24.1 Å². The van der Waals surface area contributed by atoms with Crippen LogP contribution in [0.4, 0.5) is 5.69 Å². The summed E-state index contributed by atoms with van der Waals surface area (Å²) in [7, 11) is 0. The highest BCUT2D eigenvalue weighted by Gasteiger charge is 2.25. The Morgan fingerprint density at radius 3 is 2.76 bits per heavy atom. The first-order valence-corrected chi connectivity index (χ1v) is 6.46. The molecule has 0 amide bonds. The third-order valence-electron chi connectivity index (χ3n) is 4.04. The maximum absolute atomic E-state index is 10.7. The van der Waals surface area contributed by atoms with Gasteiger partial charge in [-0.1, -0.05) is 6.92 Å². The van der Waals surface area contributed by atoms with Crippen LogP contribution in [0.2, 0.25) is 0 Å². The molecule has 17 heavy (non-hydrogen) atoms. The maximum Gasteiger partial charge on any atom is 0.150 e. The molecule has 1 aliphatic heterocycles. The zero-order valence-corrected chi connectivity index (χ0v) is 10.9. The molecular formula is C15H21NO. The molecule has 92 valence electrons. The summed E-state index contributed by atoms with van der Waals surface area (Å²) < 4.78 is 0. The highest BCUT2D eigenvalue weighted by atomic mass is 16.1. The van der Waals surface area contributed by atoms with Gasteiger partial charge in [-0.25, -0.2) is 0 Å². The standard InChI is InChI=1S/C15H21NO/c1-11-5-4-8-16(13(11)3)15-7-6-14(10-17)9-12(15)2/h6-7,9-11,13H,4-5,8H2,1-3H3. The summed E-state index contributed by atoms with van der Waals surface area (Å²) in [6.45, 7) is 7.85. The van der Waals surface area contributed by atoms with Crippen LogP contribution in [0.15, 0.2) is 18.2 Å². The summed E-state index contributed by atoms with van der Waals surface area (Å²) >= 11 is 0. The van der Waals surface area contributed by atoms with Gasteiger partial charge in [-0.3, -0.25) is 4.79 Å². The lowest BCUT2D eigenvalue weighted by molar-refractivity contribution is 0.112. The van der Waals surface area contributed by atoms with Gasteiger partial charge in [0.2, 0.25) is 0 Å². The number of aldehydes is 1. The number of carbonyl (C=O) groups excluding carboxylic acids is 1. The average Bonchev–Trinajstić information content (AvgIpc) is 2.33. The minimum Gasteiger partial charge on any atom is -0.368 e. The molecule has 1 aromatic carbocycles. The molecule has 0 aliphatic carbocycles. The molecular weight excluding hydrogens is 210 g/mol. The monoisotopic (exact) mass is 231 g/mol. The van der Waals surface area contributed by atoms with Crippen molar-refractivity contribution in [3.8, 4) is 0 Å². The van der Waals surface area contributed by atoms with E-state index in [9.17, 15) is 4.79 Å². The van der Waals surface area contributed by atoms with E-state index in [0.717, 1.165) is 24.3 Å². The molecule has 1 aliphatic rings. The second-order valence-corrected chi connectivity index (χ2v) is 5.22. The molecule has 2 unspecified atom stereocenters. The van der Waals surface area contributed by atoms with Gasteiger partial charge in [-0.15, -0.1) is 0 Å². The van der Waals surface area contributed by atoms with Crippen molar-refractivity contribution in [3.05, 3.63) is 29.3 Å². The number of rotatable bonds is 2. The third kappa shape index (κ3) is 2.36. The number of anilines is 1. The first-order chi connectivity index (χ1) is 8.13. The summed E-state index contributed by atoms with van der Waals surface area (Å²) in [4.78, 5) is 13.2. The molecule has 0 saturated carbocycles. The fourth-order valence-corrected chi connectivity index (χ4v) is 2.75. The molecule has 0 aromatic heterocycles. The van der Waals surface area contributed by atoms with Crippen LogP contribution in [0.5, 0.6) is 0 Å². The Morgan fingerprint density at radius 2 is 2.12 bits per heavy atom. The van der Waals surface area contributed by atoms with E-state index in [0.29, 0.717) is 6.04 Å². The van der Waals surface area contributed by atoms with Crippen LogP contribution in [-0.2, 0) is 0 Å². The normalized spacial score (nSPS) is 24.8. The van der Waals surface area contributed by atoms with Crippen molar-refractivity contribution in [2.45, 2.75) is 39.7 Å². The van der Waals surface area contributed by atoms with Gasteiger partial charge < -0.3 is 4.90 Å². The predicted octanol–water partition coefficient (Wildman–Crippen LogP) is 3.43. The van der Waals surface area contributed by atoms with Crippen LogP contribution in [-0.4, -0.2) is 18.9 Å². The second-order valence-electron chi connectivity index (χ2n) is 5.22. The average molecular weight is 231 g/mol. The van der Waals surface area contributed by atoms with Crippen LogP contribution in [0, 0.1) is 12.8 Å². The molecule has 2 atom stereocenters. The highest BCUT2D eigenvalue weighted by molar-refractivity contribution is 5.77. The Kier molecular flexibility index (Phi) is 3.51. The molecule has 0 spiro atoms. The molecule has 1 heterocycles. The third-order valence-corrected chi connectivity index (χ3v) is 4.04. The maximum atomic E-state index is 10.7. The van der Waals surface area contributed by atoms with Crippen LogP contribution in [0.1, 0.15) is 42.6 Å². The number of nitrogens with zero attached hydrogens (tertiary/aromatic N) is 1. The number of carbonyl (C=O) groups is 1. The molecule has 2 rings (SSSR count). The second kappa shape index (κ2) is 4.91. The lowest BCUT2D eigenvalue weighted by Crippen LogP contribution is -2.42. The SMILES string of the molecule is Cc1cc(C=O)ccc1N1CCCC(C)C1C. The van der Waals surface area contributed by atoms with Gasteiger partial charge in [-0.05, 0) is 56.4 Å². The molecule has 0 radical (unpaired) electrons. The minimum absolute atomic E-state index is 0.588. The molecule has 1 aromatic rings. The number of hydrogen-bond acceptors (Lipinski definition) is 2. The van der Waals surface area contributed by atoms with Crippen molar-refractivity contribution < 1.29 is 4.79 Å². The lowest BCUT2D eigenvalue weighted by atomic mass is 9.91. The van der Waals surface area contributed by atoms with Crippen molar-refractivity contribution in [3.63, 3.8) is 0 Å².